The molecule has 0 bridgehead atoms. The maximum Gasteiger partial charge on any atom is 0.410 e. The van der Waals surface area contributed by atoms with Crippen LogP contribution >= 0.6 is 0 Å². The Morgan fingerprint density at radius 2 is 2.00 bits per heavy atom. The van der Waals surface area contributed by atoms with Gasteiger partial charge in [-0.15, -0.1) is 5.10 Å². The number of nitrogens with one attached hydrogen (secondary N) is 1. The maximum atomic E-state index is 11.1. The van der Waals surface area contributed by atoms with Crippen LogP contribution in [0, 0.1) is 6.92 Å². The zero-order chi connectivity index (χ0) is 17.0. The summed E-state index contributed by atoms with van der Waals surface area (Å²) in [6, 6.07) is 8.94. The molecule has 8 nitrogen and oxygen atoms in total. The highest BCUT2D eigenvalue weighted by Gasteiger charge is 2.19. The Hall–Kier alpha value is -2.55. The smallest absolute Gasteiger partial charge is 0.410 e. The second-order valence-electron chi connectivity index (χ2n) is 4.93. The number of carboxylic acid groups (broad SMARTS) is 1. The third-order valence-electron chi connectivity index (χ3n) is 3.00. The van der Waals surface area contributed by atoms with Crippen LogP contribution in [-0.2, 0) is 9.84 Å². The normalized spacial score (nSPS) is 11.2. The maximum absolute atomic E-state index is 11.1. The predicted molar refractivity (Wildman–Crippen MR) is 85.2 cm³/mol. The number of carbonyl (C=O) groups is 1. The van der Waals surface area contributed by atoms with Gasteiger partial charge in [-0.05, 0) is 19.1 Å². The number of hydrogen-bond donors (Lipinski definition) is 2. The molecule has 0 saturated carbocycles. The van der Waals surface area contributed by atoms with Crippen molar-refractivity contribution in [2.75, 3.05) is 23.9 Å². The standard InChI is InChI=1S/C14H17N3O5S/c1-10-12(15-14(18)19)17(11-6-4-3-5-7-11)16-13(10)22-8-9-23(2,20)21/h3-7,15H,8-9H2,1-2H3,(H,18,19). The lowest BCUT2D eigenvalue weighted by atomic mass is 10.3. The van der Waals surface area contributed by atoms with Crippen molar-refractivity contribution < 1.29 is 23.1 Å². The van der Waals surface area contributed by atoms with E-state index in [-0.39, 0.29) is 24.1 Å². The molecule has 1 amide bonds. The van der Waals surface area contributed by atoms with Gasteiger partial charge in [-0.25, -0.2) is 17.9 Å². The summed E-state index contributed by atoms with van der Waals surface area (Å²) in [5.74, 6) is 0.283. The molecule has 23 heavy (non-hydrogen) atoms. The van der Waals surface area contributed by atoms with Crippen LogP contribution in [0.15, 0.2) is 30.3 Å². The van der Waals surface area contributed by atoms with E-state index in [1.54, 1.807) is 31.2 Å². The molecule has 0 aliphatic rings. The van der Waals surface area contributed by atoms with Gasteiger partial charge in [-0.2, -0.15) is 0 Å². The molecule has 0 aliphatic heterocycles. The van der Waals surface area contributed by atoms with Gasteiger partial charge in [-0.1, -0.05) is 18.2 Å². The zero-order valence-electron chi connectivity index (χ0n) is 12.7. The van der Waals surface area contributed by atoms with E-state index in [0.29, 0.717) is 11.3 Å². The van der Waals surface area contributed by atoms with Gasteiger partial charge in [0.1, 0.15) is 12.4 Å². The Kier molecular flexibility index (Phi) is 4.89. The molecule has 2 N–H and O–H groups in total. The van der Waals surface area contributed by atoms with Crippen LogP contribution in [0.3, 0.4) is 0 Å². The first kappa shape index (κ1) is 16.8. The van der Waals surface area contributed by atoms with Crippen molar-refractivity contribution in [3.63, 3.8) is 0 Å². The lowest BCUT2D eigenvalue weighted by Gasteiger charge is -2.06. The molecule has 0 unspecified atom stereocenters. The minimum atomic E-state index is -3.15. The van der Waals surface area contributed by atoms with Crippen molar-refractivity contribution in [1.82, 2.24) is 9.78 Å². The number of anilines is 1. The molecular formula is C14H17N3O5S. The fourth-order valence-corrected chi connectivity index (χ4v) is 2.29. The van der Waals surface area contributed by atoms with Gasteiger partial charge in [0.25, 0.3) is 0 Å². The summed E-state index contributed by atoms with van der Waals surface area (Å²) in [6.07, 6.45) is -0.115. The van der Waals surface area contributed by atoms with Crippen LogP contribution in [0.5, 0.6) is 5.88 Å². The van der Waals surface area contributed by atoms with E-state index in [4.69, 9.17) is 9.84 Å². The minimum Gasteiger partial charge on any atom is -0.475 e. The number of para-hydroxylation sites is 1. The predicted octanol–water partition coefficient (Wildman–Crippen LogP) is 1.69. The van der Waals surface area contributed by atoms with Gasteiger partial charge in [0.2, 0.25) is 5.88 Å². The highest BCUT2D eigenvalue weighted by molar-refractivity contribution is 7.90. The van der Waals surface area contributed by atoms with E-state index < -0.39 is 15.9 Å². The van der Waals surface area contributed by atoms with E-state index in [2.05, 4.69) is 10.4 Å². The zero-order valence-corrected chi connectivity index (χ0v) is 13.5. The summed E-state index contributed by atoms with van der Waals surface area (Å²) in [6.45, 7) is 1.59. The van der Waals surface area contributed by atoms with Crippen LogP contribution in [-0.4, -0.2) is 48.0 Å². The Balaban J connectivity index is 2.34. The molecule has 1 aromatic carbocycles. The summed E-state index contributed by atoms with van der Waals surface area (Å²) in [5.41, 5.74) is 1.13. The van der Waals surface area contributed by atoms with E-state index in [9.17, 15) is 13.2 Å². The third kappa shape index (κ3) is 4.46. The quantitative estimate of drug-likeness (QED) is 0.828. The summed E-state index contributed by atoms with van der Waals surface area (Å²) < 4.78 is 29.1. The Morgan fingerprint density at radius 3 is 2.57 bits per heavy atom. The first-order valence-corrected chi connectivity index (χ1v) is 8.79. The highest BCUT2D eigenvalue weighted by atomic mass is 32.2. The van der Waals surface area contributed by atoms with Crippen LogP contribution < -0.4 is 10.1 Å². The number of amides is 1. The molecule has 0 spiro atoms. The molecule has 0 saturated heterocycles. The summed E-state index contributed by atoms with van der Waals surface area (Å²) >= 11 is 0. The van der Waals surface area contributed by atoms with Crippen molar-refractivity contribution in [3.05, 3.63) is 35.9 Å². The van der Waals surface area contributed by atoms with Gasteiger partial charge >= 0.3 is 6.09 Å². The Labute approximate surface area is 133 Å². The van der Waals surface area contributed by atoms with Crippen molar-refractivity contribution in [2.24, 2.45) is 0 Å². The topological polar surface area (TPSA) is 111 Å². The highest BCUT2D eigenvalue weighted by Crippen LogP contribution is 2.28. The molecule has 2 rings (SSSR count). The molecule has 9 heteroatoms. The van der Waals surface area contributed by atoms with Gasteiger partial charge < -0.3 is 9.84 Å². The van der Waals surface area contributed by atoms with Crippen LogP contribution in [0.25, 0.3) is 5.69 Å². The first-order chi connectivity index (χ1) is 10.8. The molecule has 0 atom stereocenters. The van der Waals surface area contributed by atoms with E-state index in [0.717, 1.165) is 6.26 Å². The van der Waals surface area contributed by atoms with Crippen molar-refractivity contribution in [1.29, 1.82) is 0 Å². The van der Waals surface area contributed by atoms with Gasteiger partial charge in [0.05, 0.1) is 17.0 Å². The third-order valence-corrected chi connectivity index (χ3v) is 3.91. The fourth-order valence-electron chi connectivity index (χ4n) is 1.91. The molecular weight excluding hydrogens is 322 g/mol. The number of sulfone groups is 1. The fraction of sp³-hybridized carbons (Fsp3) is 0.286. The number of ether oxygens (including phenoxy) is 1. The van der Waals surface area contributed by atoms with Crippen LogP contribution in [0.4, 0.5) is 10.6 Å². The van der Waals surface area contributed by atoms with Crippen LogP contribution in [0.2, 0.25) is 0 Å². The summed E-state index contributed by atoms with van der Waals surface area (Å²) in [5, 5.41) is 15.5. The van der Waals surface area contributed by atoms with E-state index in [1.165, 1.54) is 4.68 Å². The van der Waals surface area contributed by atoms with Crippen LogP contribution in [0.1, 0.15) is 5.56 Å². The SMILES string of the molecule is Cc1c(OCCS(C)(=O)=O)nn(-c2ccccc2)c1NC(=O)O. The Morgan fingerprint density at radius 1 is 1.35 bits per heavy atom. The largest absolute Gasteiger partial charge is 0.475 e. The second-order valence-corrected chi connectivity index (χ2v) is 7.19. The van der Waals surface area contributed by atoms with Crippen molar-refractivity contribution in [2.45, 2.75) is 6.92 Å². The van der Waals surface area contributed by atoms with E-state index >= 15 is 0 Å². The molecule has 2 aromatic rings. The molecule has 0 fully saturated rings. The van der Waals surface area contributed by atoms with Gasteiger partial charge in [0.15, 0.2) is 9.84 Å². The molecule has 0 radical (unpaired) electrons. The molecule has 124 valence electrons. The van der Waals surface area contributed by atoms with Crippen molar-refractivity contribution in [3.8, 4) is 11.6 Å². The minimum absolute atomic E-state index is 0.0576. The van der Waals surface area contributed by atoms with Gasteiger partial charge in [0, 0.05) is 6.26 Å². The molecule has 1 heterocycles. The van der Waals surface area contributed by atoms with E-state index in [1.807, 2.05) is 6.07 Å². The average Bonchev–Trinajstić information content (AvgIpc) is 2.76. The Bertz CT molecular complexity index is 799. The molecule has 0 aliphatic carbocycles. The molecule has 1 aromatic heterocycles. The average molecular weight is 339 g/mol. The monoisotopic (exact) mass is 339 g/mol. The lowest BCUT2D eigenvalue weighted by molar-refractivity contribution is 0.209. The second kappa shape index (κ2) is 6.69. The van der Waals surface area contributed by atoms with Crippen molar-refractivity contribution >= 4 is 21.7 Å². The number of nitrogens with zero attached hydrogens (tertiary/aromatic N) is 2. The number of benzene rings is 1. The summed E-state index contributed by atoms with van der Waals surface area (Å²) in [4.78, 5) is 11.0. The number of rotatable bonds is 6. The van der Waals surface area contributed by atoms with Gasteiger partial charge in [-0.3, -0.25) is 5.32 Å². The number of aromatic nitrogens is 2. The first-order valence-electron chi connectivity index (χ1n) is 6.73. The summed E-state index contributed by atoms with van der Waals surface area (Å²) in [7, 11) is -3.15. The number of hydrogen-bond acceptors (Lipinski definition) is 5. The lowest BCUT2D eigenvalue weighted by Crippen LogP contribution is -2.12.